The largest absolute Gasteiger partial charge is 0.478 e. The van der Waals surface area contributed by atoms with Crippen LogP contribution < -0.4 is 4.90 Å². The molecule has 21 heavy (non-hydrogen) atoms. The number of rotatable bonds is 4. The maximum absolute atomic E-state index is 11.2. The Morgan fingerprint density at radius 1 is 1.24 bits per heavy atom. The van der Waals surface area contributed by atoms with Crippen molar-refractivity contribution in [3.63, 3.8) is 0 Å². The number of carbonyl (C=O) groups is 1. The average Bonchev–Trinajstić information content (AvgIpc) is 2.98. The number of aromatic carboxylic acids is 1. The predicted octanol–water partition coefficient (Wildman–Crippen LogP) is 3.63. The van der Waals surface area contributed by atoms with Crippen molar-refractivity contribution in [1.29, 1.82) is 0 Å². The van der Waals surface area contributed by atoms with E-state index >= 15 is 0 Å². The second-order valence-electron chi connectivity index (χ2n) is 4.78. The Kier molecular flexibility index (Phi) is 3.58. The summed E-state index contributed by atoms with van der Waals surface area (Å²) in [7, 11) is 1.98. The fourth-order valence-electron chi connectivity index (χ4n) is 2.26. The summed E-state index contributed by atoms with van der Waals surface area (Å²) in [5.41, 5.74) is 0.984. The van der Waals surface area contributed by atoms with Gasteiger partial charge in [-0.3, -0.25) is 0 Å². The summed E-state index contributed by atoms with van der Waals surface area (Å²) < 4.78 is 0. The quantitative estimate of drug-likeness (QED) is 0.799. The minimum Gasteiger partial charge on any atom is -0.478 e. The molecule has 0 aliphatic carbocycles. The third-order valence-corrected chi connectivity index (χ3v) is 4.17. The highest BCUT2D eigenvalue weighted by Gasteiger charge is 2.11. The lowest BCUT2D eigenvalue weighted by molar-refractivity contribution is 0.0699. The zero-order chi connectivity index (χ0) is 14.8. The first-order valence-corrected chi connectivity index (χ1v) is 7.40. The first kappa shape index (κ1) is 13.6. The number of benzene rings is 1. The molecule has 0 bridgehead atoms. The minimum absolute atomic E-state index is 0.285. The maximum Gasteiger partial charge on any atom is 0.336 e. The highest BCUT2D eigenvalue weighted by molar-refractivity contribution is 7.09. The number of hydrogen-bond donors (Lipinski definition) is 1. The molecule has 2 heterocycles. The van der Waals surface area contributed by atoms with Crippen LogP contribution in [0.25, 0.3) is 10.9 Å². The van der Waals surface area contributed by atoms with Gasteiger partial charge in [0.15, 0.2) is 0 Å². The topological polar surface area (TPSA) is 53.4 Å². The fraction of sp³-hybridized carbons (Fsp3) is 0.125. The van der Waals surface area contributed by atoms with Crippen LogP contribution in [0, 0.1) is 0 Å². The lowest BCUT2D eigenvalue weighted by Crippen LogP contribution is -2.16. The van der Waals surface area contributed by atoms with Gasteiger partial charge in [0.05, 0.1) is 17.6 Å². The number of anilines is 1. The number of pyridine rings is 1. The molecule has 0 aliphatic heterocycles. The smallest absolute Gasteiger partial charge is 0.336 e. The van der Waals surface area contributed by atoms with Gasteiger partial charge in [-0.2, -0.15) is 0 Å². The number of hydrogen-bond acceptors (Lipinski definition) is 4. The molecular formula is C16H14N2O2S. The van der Waals surface area contributed by atoms with Crippen LogP contribution in [0.15, 0.2) is 47.8 Å². The summed E-state index contributed by atoms with van der Waals surface area (Å²) in [4.78, 5) is 19.1. The summed E-state index contributed by atoms with van der Waals surface area (Å²) in [6.07, 6.45) is 0. The van der Waals surface area contributed by atoms with Crippen LogP contribution in [-0.2, 0) is 6.54 Å². The number of aromatic nitrogens is 1. The van der Waals surface area contributed by atoms with Gasteiger partial charge >= 0.3 is 5.97 Å². The fourth-order valence-corrected chi connectivity index (χ4v) is 3.02. The van der Waals surface area contributed by atoms with E-state index in [1.807, 2.05) is 31.3 Å². The molecular weight excluding hydrogens is 284 g/mol. The van der Waals surface area contributed by atoms with Crippen molar-refractivity contribution >= 4 is 34.0 Å². The standard InChI is InChI=1S/C16H14N2O2S/c1-18(10-11-4-3-9-21-11)15-8-7-12-13(16(19)20)5-2-6-14(12)17-15/h2-9H,10H2,1H3,(H,19,20). The Morgan fingerprint density at radius 3 is 2.81 bits per heavy atom. The third kappa shape index (κ3) is 2.73. The maximum atomic E-state index is 11.2. The van der Waals surface area contributed by atoms with E-state index in [0.717, 1.165) is 12.4 Å². The summed E-state index contributed by atoms with van der Waals surface area (Å²) in [6.45, 7) is 0.787. The van der Waals surface area contributed by atoms with E-state index in [1.165, 1.54) is 4.88 Å². The molecule has 0 fully saturated rings. The van der Waals surface area contributed by atoms with E-state index in [4.69, 9.17) is 0 Å². The normalized spacial score (nSPS) is 10.7. The highest BCUT2D eigenvalue weighted by Crippen LogP contribution is 2.22. The number of thiophene rings is 1. The van der Waals surface area contributed by atoms with Gasteiger partial charge in [0, 0.05) is 17.3 Å². The van der Waals surface area contributed by atoms with Gasteiger partial charge in [0.2, 0.25) is 0 Å². The lowest BCUT2D eigenvalue weighted by atomic mass is 10.1. The molecule has 1 aromatic carbocycles. The molecule has 3 rings (SSSR count). The number of carboxylic acid groups (broad SMARTS) is 1. The second-order valence-corrected chi connectivity index (χ2v) is 5.81. The van der Waals surface area contributed by atoms with E-state index in [2.05, 4.69) is 21.3 Å². The van der Waals surface area contributed by atoms with Crippen molar-refractivity contribution in [2.75, 3.05) is 11.9 Å². The first-order chi connectivity index (χ1) is 10.1. The van der Waals surface area contributed by atoms with E-state index in [9.17, 15) is 9.90 Å². The van der Waals surface area contributed by atoms with Crippen LogP contribution in [0.5, 0.6) is 0 Å². The predicted molar refractivity (Wildman–Crippen MR) is 85.1 cm³/mol. The molecule has 0 spiro atoms. The van der Waals surface area contributed by atoms with Gasteiger partial charge in [-0.15, -0.1) is 11.3 Å². The molecule has 0 amide bonds. The molecule has 0 saturated heterocycles. The van der Waals surface area contributed by atoms with Crippen LogP contribution >= 0.6 is 11.3 Å². The van der Waals surface area contributed by atoms with Crippen LogP contribution in [0.4, 0.5) is 5.82 Å². The zero-order valence-electron chi connectivity index (χ0n) is 11.5. The SMILES string of the molecule is CN(Cc1cccs1)c1ccc2c(C(=O)O)cccc2n1. The molecule has 0 saturated carbocycles. The van der Waals surface area contributed by atoms with Crippen molar-refractivity contribution in [1.82, 2.24) is 4.98 Å². The van der Waals surface area contributed by atoms with Crippen molar-refractivity contribution in [2.24, 2.45) is 0 Å². The zero-order valence-corrected chi connectivity index (χ0v) is 12.3. The molecule has 0 radical (unpaired) electrons. The van der Waals surface area contributed by atoms with Crippen molar-refractivity contribution < 1.29 is 9.90 Å². The number of nitrogens with zero attached hydrogens (tertiary/aromatic N) is 2. The van der Waals surface area contributed by atoms with Crippen molar-refractivity contribution in [3.8, 4) is 0 Å². The second kappa shape index (κ2) is 5.54. The average molecular weight is 298 g/mol. The van der Waals surface area contributed by atoms with Crippen LogP contribution in [-0.4, -0.2) is 23.1 Å². The van der Waals surface area contributed by atoms with Gasteiger partial charge in [-0.25, -0.2) is 9.78 Å². The molecule has 1 N–H and O–H groups in total. The molecule has 2 aromatic heterocycles. The van der Waals surface area contributed by atoms with Gasteiger partial charge in [0.1, 0.15) is 5.82 Å². The monoisotopic (exact) mass is 298 g/mol. The summed E-state index contributed by atoms with van der Waals surface area (Å²) in [5.74, 6) is -0.0967. The number of fused-ring (bicyclic) bond motifs is 1. The highest BCUT2D eigenvalue weighted by atomic mass is 32.1. The van der Waals surface area contributed by atoms with E-state index in [0.29, 0.717) is 10.9 Å². The first-order valence-electron chi connectivity index (χ1n) is 6.52. The Bertz CT molecular complexity index is 784. The van der Waals surface area contributed by atoms with Gasteiger partial charge in [-0.05, 0) is 35.7 Å². The Labute approximate surface area is 126 Å². The van der Waals surface area contributed by atoms with E-state index in [-0.39, 0.29) is 5.56 Å². The molecule has 3 aromatic rings. The molecule has 4 nitrogen and oxygen atoms in total. The summed E-state index contributed by atoms with van der Waals surface area (Å²) in [6, 6.07) is 13.0. The van der Waals surface area contributed by atoms with Crippen LogP contribution in [0.2, 0.25) is 0 Å². The molecule has 106 valence electrons. The van der Waals surface area contributed by atoms with Gasteiger partial charge in [-0.1, -0.05) is 12.1 Å². The third-order valence-electron chi connectivity index (χ3n) is 3.31. The van der Waals surface area contributed by atoms with Crippen LogP contribution in [0.1, 0.15) is 15.2 Å². The summed E-state index contributed by atoms with van der Waals surface area (Å²) in [5, 5.41) is 11.9. The molecule has 0 aliphatic rings. The van der Waals surface area contributed by atoms with Crippen LogP contribution in [0.3, 0.4) is 0 Å². The molecule has 0 atom stereocenters. The Balaban J connectivity index is 1.96. The van der Waals surface area contributed by atoms with Gasteiger partial charge < -0.3 is 10.0 Å². The number of carboxylic acids is 1. The molecule has 0 unspecified atom stereocenters. The van der Waals surface area contributed by atoms with Crippen molar-refractivity contribution in [3.05, 3.63) is 58.3 Å². The lowest BCUT2D eigenvalue weighted by Gasteiger charge is -2.17. The minimum atomic E-state index is -0.929. The Morgan fingerprint density at radius 2 is 2.10 bits per heavy atom. The van der Waals surface area contributed by atoms with E-state index < -0.39 is 5.97 Å². The summed E-state index contributed by atoms with van der Waals surface area (Å²) >= 11 is 1.71. The molecule has 5 heteroatoms. The van der Waals surface area contributed by atoms with Gasteiger partial charge in [0.25, 0.3) is 0 Å². The Hall–Kier alpha value is -2.40. The van der Waals surface area contributed by atoms with E-state index in [1.54, 1.807) is 23.5 Å². The van der Waals surface area contributed by atoms with Crippen molar-refractivity contribution in [2.45, 2.75) is 6.54 Å².